The molecule has 1 saturated heterocycles. The van der Waals surface area contributed by atoms with Crippen LogP contribution in [0.2, 0.25) is 0 Å². The van der Waals surface area contributed by atoms with Gasteiger partial charge in [-0.3, -0.25) is 9.69 Å². The molecular weight excluding hydrogens is 336 g/mol. The van der Waals surface area contributed by atoms with Gasteiger partial charge >= 0.3 is 0 Å². The van der Waals surface area contributed by atoms with Crippen molar-refractivity contribution in [3.8, 4) is 0 Å². The van der Waals surface area contributed by atoms with Crippen LogP contribution in [-0.2, 0) is 11.3 Å². The fourth-order valence-electron chi connectivity index (χ4n) is 3.91. The average molecular weight is 362 g/mol. The van der Waals surface area contributed by atoms with E-state index in [9.17, 15) is 4.79 Å². The number of allylic oxidation sites excluding steroid dienone is 1. The third-order valence-electron chi connectivity index (χ3n) is 5.30. The fourth-order valence-corrected chi connectivity index (χ4v) is 3.91. The maximum Gasteiger partial charge on any atom is 0.258 e. The molecular formula is C22H26N4O. The molecule has 2 aliphatic rings. The van der Waals surface area contributed by atoms with Crippen LogP contribution in [0.5, 0.6) is 0 Å². The first-order valence-electron chi connectivity index (χ1n) is 9.60. The molecule has 2 aromatic rings. The standard InChI is InChI=1S/C22H26N4O/c1-15(21-19-13-17(23)7-10-20(19)25-22(21)27)24-18-8-5-16(6-9-18)14-26-11-3-2-4-12-26/h5-10,13,24H,2-4,11-12,14,23H2,1H3,(H,25,27). The highest BCUT2D eigenvalue weighted by atomic mass is 16.2. The molecule has 0 saturated carbocycles. The number of nitrogens with one attached hydrogen (secondary N) is 2. The number of nitrogens with two attached hydrogens (primary N) is 1. The van der Waals surface area contributed by atoms with Crippen molar-refractivity contribution in [2.45, 2.75) is 32.7 Å². The number of likely N-dealkylation sites (tertiary alicyclic amines) is 1. The minimum absolute atomic E-state index is 0.0951. The van der Waals surface area contributed by atoms with E-state index in [1.54, 1.807) is 6.07 Å². The Morgan fingerprint density at radius 1 is 1.11 bits per heavy atom. The van der Waals surface area contributed by atoms with E-state index in [0.717, 1.165) is 29.2 Å². The number of benzene rings is 2. The predicted octanol–water partition coefficient (Wildman–Crippen LogP) is 4.05. The monoisotopic (exact) mass is 362 g/mol. The number of nitrogens with zero attached hydrogens (tertiary/aromatic N) is 1. The molecule has 5 nitrogen and oxygen atoms in total. The van der Waals surface area contributed by atoms with Gasteiger partial charge < -0.3 is 16.4 Å². The summed E-state index contributed by atoms with van der Waals surface area (Å²) in [7, 11) is 0. The molecule has 2 aliphatic heterocycles. The molecule has 0 atom stereocenters. The quantitative estimate of drug-likeness (QED) is 0.567. The highest BCUT2D eigenvalue weighted by molar-refractivity contribution is 6.32. The highest BCUT2D eigenvalue weighted by Crippen LogP contribution is 2.35. The summed E-state index contributed by atoms with van der Waals surface area (Å²) >= 11 is 0. The molecule has 2 aromatic carbocycles. The van der Waals surface area contributed by atoms with Crippen molar-refractivity contribution in [2.75, 3.05) is 29.5 Å². The fraction of sp³-hybridized carbons (Fsp3) is 0.318. The second-order valence-electron chi connectivity index (χ2n) is 7.42. The summed E-state index contributed by atoms with van der Waals surface area (Å²) in [6.45, 7) is 5.33. The molecule has 140 valence electrons. The van der Waals surface area contributed by atoms with Crippen molar-refractivity contribution < 1.29 is 4.79 Å². The number of rotatable bonds is 4. The number of amides is 1. The van der Waals surface area contributed by atoms with Gasteiger partial charge in [-0.05, 0) is 68.8 Å². The van der Waals surface area contributed by atoms with E-state index in [2.05, 4.69) is 39.8 Å². The maximum atomic E-state index is 12.4. The molecule has 27 heavy (non-hydrogen) atoms. The van der Waals surface area contributed by atoms with Gasteiger partial charge in [0.2, 0.25) is 0 Å². The van der Waals surface area contributed by atoms with Gasteiger partial charge in [0.05, 0.1) is 5.57 Å². The molecule has 0 aliphatic carbocycles. The van der Waals surface area contributed by atoms with Crippen LogP contribution >= 0.6 is 0 Å². The topological polar surface area (TPSA) is 70.4 Å². The SMILES string of the molecule is CC(Nc1ccc(CN2CCCCC2)cc1)=C1C(=O)Nc2ccc(N)cc21. The van der Waals surface area contributed by atoms with E-state index in [0.29, 0.717) is 11.3 Å². The first-order valence-corrected chi connectivity index (χ1v) is 9.60. The molecule has 0 radical (unpaired) electrons. The van der Waals surface area contributed by atoms with Crippen LogP contribution in [0.15, 0.2) is 48.2 Å². The van der Waals surface area contributed by atoms with Gasteiger partial charge in [-0.25, -0.2) is 0 Å². The summed E-state index contributed by atoms with van der Waals surface area (Å²) in [5.74, 6) is -0.0951. The Bertz CT molecular complexity index is 880. The molecule has 0 unspecified atom stereocenters. The van der Waals surface area contributed by atoms with Crippen molar-refractivity contribution in [3.05, 3.63) is 59.3 Å². The Labute approximate surface area is 160 Å². The number of hydrogen-bond acceptors (Lipinski definition) is 4. The molecule has 4 N–H and O–H groups in total. The summed E-state index contributed by atoms with van der Waals surface area (Å²) in [6.07, 6.45) is 3.97. The van der Waals surface area contributed by atoms with Gasteiger partial charge in [0, 0.05) is 34.9 Å². The van der Waals surface area contributed by atoms with Crippen LogP contribution in [0.1, 0.15) is 37.3 Å². The van der Waals surface area contributed by atoms with Crippen molar-refractivity contribution in [3.63, 3.8) is 0 Å². The smallest absolute Gasteiger partial charge is 0.258 e. The van der Waals surface area contributed by atoms with Gasteiger partial charge in [0.1, 0.15) is 0 Å². The number of carbonyl (C=O) groups excluding carboxylic acids is 1. The molecule has 0 aromatic heterocycles. The van der Waals surface area contributed by atoms with Crippen molar-refractivity contribution in [1.82, 2.24) is 4.90 Å². The lowest BCUT2D eigenvalue weighted by atomic mass is 10.0. The molecule has 1 fully saturated rings. The van der Waals surface area contributed by atoms with E-state index >= 15 is 0 Å². The number of piperidine rings is 1. The zero-order valence-electron chi connectivity index (χ0n) is 15.7. The third-order valence-corrected chi connectivity index (χ3v) is 5.30. The van der Waals surface area contributed by atoms with Crippen LogP contribution in [0.4, 0.5) is 17.1 Å². The molecule has 4 rings (SSSR count). The van der Waals surface area contributed by atoms with Crippen molar-refractivity contribution in [2.24, 2.45) is 0 Å². The second-order valence-corrected chi connectivity index (χ2v) is 7.42. The number of nitrogen functional groups attached to an aromatic ring is 1. The molecule has 0 spiro atoms. The van der Waals surface area contributed by atoms with E-state index < -0.39 is 0 Å². The number of fused-ring (bicyclic) bond motifs is 1. The Hall–Kier alpha value is -2.79. The summed E-state index contributed by atoms with van der Waals surface area (Å²) in [5.41, 5.74) is 12.0. The summed E-state index contributed by atoms with van der Waals surface area (Å²) in [6, 6.07) is 14.0. The molecule has 1 amide bonds. The van der Waals surface area contributed by atoms with Gasteiger partial charge in [0.25, 0.3) is 5.91 Å². The van der Waals surface area contributed by atoms with Gasteiger partial charge in [-0.15, -0.1) is 0 Å². The van der Waals surface area contributed by atoms with Crippen molar-refractivity contribution >= 4 is 28.5 Å². The van der Waals surface area contributed by atoms with Crippen LogP contribution < -0.4 is 16.4 Å². The number of hydrogen-bond donors (Lipinski definition) is 3. The van der Waals surface area contributed by atoms with E-state index in [1.165, 1.54) is 37.9 Å². The minimum Gasteiger partial charge on any atom is -0.399 e. The largest absolute Gasteiger partial charge is 0.399 e. The minimum atomic E-state index is -0.0951. The molecule has 2 heterocycles. The van der Waals surface area contributed by atoms with Crippen LogP contribution in [0, 0.1) is 0 Å². The van der Waals surface area contributed by atoms with Gasteiger partial charge in [-0.2, -0.15) is 0 Å². The second kappa shape index (κ2) is 7.45. The highest BCUT2D eigenvalue weighted by Gasteiger charge is 2.26. The van der Waals surface area contributed by atoms with Gasteiger partial charge in [0.15, 0.2) is 0 Å². The zero-order chi connectivity index (χ0) is 18.8. The Morgan fingerprint density at radius 2 is 1.85 bits per heavy atom. The Kier molecular flexibility index (Phi) is 4.86. The van der Waals surface area contributed by atoms with Crippen LogP contribution in [0.3, 0.4) is 0 Å². The third kappa shape index (κ3) is 3.83. The first-order chi connectivity index (χ1) is 13.1. The lowest BCUT2D eigenvalue weighted by Crippen LogP contribution is -2.29. The van der Waals surface area contributed by atoms with E-state index in [-0.39, 0.29) is 5.91 Å². The normalized spacial score (nSPS) is 18.8. The Balaban J connectivity index is 1.49. The van der Waals surface area contributed by atoms with Crippen LogP contribution in [-0.4, -0.2) is 23.9 Å². The zero-order valence-corrected chi connectivity index (χ0v) is 15.7. The lowest BCUT2D eigenvalue weighted by Gasteiger charge is -2.26. The first kappa shape index (κ1) is 17.6. The van der Waals surface area contributed by atoms with E-state index in [4.69, 9.17) is 5.73 Å². The molecule has 5 heteroatoms. The van der Waals surface area contributed by atoms with E-state index in [1.807, 2.05) is 19.1 Å². The molecule has 0 bridgehead atoms. The van der Waals surface area contributed by atoms with Gasteiger partial charge in [-0.1, -0.05) is 18.6 Å². The summed E-state index contributed by atoms with van der Waals surface area (Å²) in [5, 5.41) is 6.27. The number of carbonyl (C=O) groups is 1. The summed E-state index contributed by atoms with van der Waals surface area (Å²) in [4.78, 5) is 14.9. The van der Waals surface area contributed by atoms with Crippen molar-refractivity contribution in [1.29, 1.82) is 0 Å². The maximum absolute atomic E-state index is 12.4. The van der Waals surface area contributed by atoms with Crippen LogP contribution in [0.25, 0.3) is 5.57 Å². The average Bonchev–Trinajstić information content (AvgIpc) is 2.99. The predicted molar refractivity (Wildman–Crippen MR) is 111 cm³/mol. The summed E-state index contributed by atoms with van der Waals surface area (Å²) < 4.78 is 0. The Morgan fingerprint density at radius 3 is 2.59 bits per heavy atom. The lowest BCUT2D eigenvalue weighted by molar-refractivity contribution is -0.110. The number of anilines is 3.